The number of nitrogens with one attached hydrogen (secondary N) is 2. The highest BCUT2D eigenvalue weighted by Crippen LogP contribution is 2.23. The third kappa shape index (κ3) is 4.08. The van der Waals surface area contributed by atoms with Gasteiger partial charge in [-0.15, -0.1) is 0 Å². The Kier molecular flexibility index (Phi) is 5.11. The molecule has 0 amide bonds. The van der Waals surface area contributed by atoms with Crippen LogP contribution in [-0.4, -0.2) is 25.1 Å². The van der Waals surface area contributed by atoms with Gasteiger partial charge in [-0.3, -0.25) is 0 Å². The van der Waals surface area contributed by atoms with Crippen molar-refractivity contribution in [2.24, 2.45) is 0 Å². The predicted molar refractivity (Wildman–Crippen MR) is 84.8 cm³/mol. The topological polar surface area (TPSA) is 63.1 Å². The van der Waals surface area contributed by atoms with Crippen LogP contribution in [0.4, 0.5) is 0 Å². The molecular weight excluding hydrogens is 286 g/mol. The first-order valence-electron chi connectivity index (χ1n) is 7.76. The number of hydrogen-bond donors (Lipinski definition) is 2. The highest BCUT2D eigenvalue weighted by Gasteiger charge is 2.26. The van der Waals surface area contributed by atoms with Crippen molar-refractivity contribution in [2.45, 2.75) is 76.5 Å². The number of rotatable bonds is 7. The van der Waals surface area contributed by atoms with Gasteiger partial charge in [0, 0.05) is 36.6 Å². The number of hydrogen-bond acceptors (Lipinski definition) is 3. The van der Waals surface area contributed by atoms with E-state index in [0.717, 1.165) is 25.0 Å². The van der Waals surface area contributed by atoms with Gasteiger partial charge in [-0.2, -0.15) is 0 Å². The van der Waals surface area contributed by atoms with Crippen molar-refractivity contribution in [2.75, 3.05) is 0 Å². The van der Waals surface area contributed by atoms with Gasteiger partial charge in [-0.1, -0.05) is 20.3 Å². The van der Waals surface area contributed by atoms with E-state index in [4.69, 9.17) is 0 Å². The molecule has 0 aromatic carbocycles. The summed E-state index contributed by atoms with van der Waals surface area (Å²) in [5.74, 6) is 0. The fourth-order valence-corrected chi connectivity index (χ4v) is 3.74. The van der Waals surface area contributed by atoms with E-state index in [1.165, 1.54) is 0 Å². The lowest BCUT2D eigenvalue weighted by Crippen LogP contribution is -2.39. The molecule has 0 atom stereocenters. The second-order valence-corrected chi connectivity index (χ2v) is 8.17. The molecule has 1 saturated carbocycles. The lowest BCUT2D eigenvalue weighted by atomic mass is 9.94. The molecule has 2 N–H and O–H groups in total. The maximum atomic E-state index is 12.4. The van der Waals surface area contributed by atoms with Crippen molar-refractivity contribution in [1.29, 1.82) is 0 Å². The number of nitrogens with zero attached hydrogens (tertiary/aromatic N) is 1. The molecule has 0 unspecified atom stereocenters. The van der Waals surface area contributed by atoms with Crippen LogP contribution >= 0.6 is 0 Å². The van der Waals surface area contributed by atoms with Gasteiger partial charge in [-0.05, 0) is 32.8 Å². The zero-order chi connectivity index (χ0) is 15.6. The minimum Gasteiger partial charge on any atom is -0.346 e. The van der Waals surface area contributed by atoms with E-state index in [0.29, 0.717) is 17.5 Å². The molecule has 1 aliphatic rings. The molecule has 21 heavy (non-hydrogen) atoms. The molecule has 1 aromatic rings. The molecule has 1 aromatic heterocycles. The second kappa shape index (κ2) is 6.50. The van der Waals surface area contributed by atoms with E-state index in [9.17, 15) is 8.42 Å². The van der Waals surface area contributed by atoms with Gasteiger partial charge in [0.25, 0.3) is 0 Å². The van der Waals surface area contributed by atoms with Crippen molar-refractivity contribution in [3.8, 4) is 0 Å². The molecule has 1 fully saturated rings. The summed E-state index contributed by atoms with van der Waals surface area (Å²) >= 11 is 0. The van der Waals surface area contributed by atoms with E-state index in [1.807, 2.05) is 4.57 Å². The SMILES string of the molecule is CC(C)NCc1cc(S(=O)(=O)NC2CCC2)cn1C(C)C. The summed E-state index contributed by atoms with van der Waals surface area (Å²) in [6.45, 7) is 8.97. The highest BCUT2D eigenvalue weighted by atomic mass is 32.2. The monoisotopic (exact) mass is 313 g/mol. The first-order valence-corrected chi connectivity index (χ1v) is 9.24. The quantitative estimate of drug-likeness (QED) is 0.812. The van der Waals surface area contributed by atoms with E-state index >= 15 is 0 Å². The molecule has 2 rings (SSSR count). The molecule has 6 heteroatoms. The van der Waals surface area contributed by atoms with Gasteiger partial charge in [0.2, 0.25) is 10.0 Å². The minimum atomic E-state index is -3.39. The Hall–Kier alpha value is -0.850. The predicted octanol–water partition coefficient (Wildman–Crippen LogP) is 2.40. The van der Waals surface area contributed by atoms with Gasteiger partial charge >= 0.3 is 0 Å². The Morgan fingerprint density at radius 2 is 1.95 bits per heavy atom. The fourth-order valence-electron chi connectivity index (χ4n) is 2.39. The van der Waals surface area contributed by atoms with Crippen LogP contribution in [0.3, 0.4) is 0 Å². The zero-order valence-corrected chi connectivity index (χ0v) is 14.2. The molecular formula is C15H27N3O2S. The summed E-state index contributed by atoms with van der Waals surface area (Å²) in [5, 5.41) is 3.35. The first-order chi connectivity index (χ1) is 9.79. The Morgan fingerprint density at radius 3 is 2.43 bits per heavy atom. The first kappa shape index (κ1) is 16.5. The molecule has 1 aliphatic carbocycles. The number of sulfonamides is 1. The maximum absolute atomic E-state index is 12.4. The summed E-state index contributed by atoms with van der Waals surface area (Å²) in [4.78, 5) is 0.378. The molecule has 0 spiro atoms. The maximum Gasteiger partial charge on any atom is 0.242 e. The number of aromatic nitrogens is 1. The Bertz CT molecular complexity index is 572. The average molecular weight is 313 g/mol. The Labute approximate surface area is 128 Å². The van der Waals surface area contributed by atoms with E-state index in [1.54, 1.807) is 12.3 Å². The van der Waals surface area contributed by atoms with Crippen LogP contribution in [0.1, 0.15) is 58.7 Å². The third-order valence-corrected chi connectivity index (χ3v) is 5.38. The van der Waals surface area contributed by atoms with Crippen LogP contribution in [0, 0.1) is 0 Å². The molecule has 0 saturated heterocycles. The van der Waals surface area contributed by atoms with Crippen LogP contribution in [0.5, 0.6) is 0 Å². The molecule has 1 heterocycles. The van der Waals surface area contributed by atoms with Crippen LogP contribution in [0.15, 0.2) is 17.2 Å². The summed E-state index contributed by atoms with van der Waals surface area (Å²) in [7, 11) is -3.39. The van der Waals surface area contributed by atoms with Gasteiger partial charge in [0.05, 0.1) is 4.90 Å². The van der Waals surface area contributed by atoms with Gasteiger partial charge in [0.1, 0.15) is 0 Å². The van der Waals surface area contributed by atoms with Gasteiger partial charge in [-0.25, -0.2) is 13.1 Å². The van der Waals surface area contributed by atoms with Crippen molar-refractivity contribution >= 4 is 10.0 Å². The van der Waals surface area contributed by atoms with Crippen molar-refractivity contribution in [3.63, 3.8) is 0 Å². The van der Waals surface area contributed by atoms with E-state index < -0.39 is 10.0 Å². The van der Waals surface area contributed by atoms with Gasteiger partial charge < -0.3 is 9.88 Å². The highest BCUT2D eigenvalue weighted by molar-refractivity contribution is 7.89. The Morgan fingerprint density at radius 1 is 1.29 bits per heavy atom. The third-order valence-electron chi connectivity index (χ3n) is 3.89. The Balaban J connectivity index is 2.21. The summed E-state index contributed by atoms with van der Waals surface area (Å²) in [6, 6.07) is 2.51. The molecule has 0 aliphatic heterocycles. The standard InChI is InChI=1S/C15H27N3O2S/c1-11(2)16-9-14-8-15(10-18(14)12(3)4)21(19,20)17-13-6-5-7-13/h8,10-13,16-17H,5-7,9H2,1-4H3. The lowest BCUT2D eigenvalue weighted by molar-refractivity contribution is 0.383. The van der Waals surface area contributed by atoms with E-state index in [-0.39, 0.29) is 12.1 Å². The largest absolute Gasteiger partial charge is 0.346 e. The molecule has 5 nitrogen and oxygen atoms in total. The summed E-state index contributed by atoms with van der Waals surface area (Å²) in [5.41, 5.74) is 1.01. The lowest BCUT2D eigenvalue weighted by Gasteiger charge is -2.25. The van der Waals surface area contributed by atoms with Crippen molar-refractivity contribution in [1.82, 2.24) is 14.6 Å². The summed E-state index contributed by atoms with van der Waals surface area (Å²) in [6.07, 6.45) is 4.77. The molecule has 120 valence electrons. The van der Waals surface area contributed by atoms with Crippen LogP contribution in [0.25, 0.3) is 0 Å². The van der Waals surface area contributed by atoms with Crippen LogP contribution in [-0.2, 0) is 16.6 Å². The zero-order valence-electron chi connectivity index (χ0n) is 13.4. The van der Waals surface area contributed by atoms with Gasteiger partial charge in [0.15, 0.2) is 0 Å². The minimum absolute atomic E-state index is 0.120. The molecule has 0 bridgehead atoms. The normalized spacial score (nSPS) is 16.7. The smallest absolute Gasteiger partial charge is 0.242 e. The molecule has 0 radical (unpaired) electrons. The van der Waals surface area contributed by atoms with E-state index in [2.05, 4.69) is 37.7 Å². The van der Waals surface area contributed by atoms with Crippen LogP contribution in [0.2, 0.25) is 0 Å². The van der Waals surface area contributed by atoms with Crippen LogP contribution < -0.4 is 10.0 Å². The second-order valence-electron chi connectivity index (χ2n) is 6.45. The average Bonchev–Trinajstić information content (AvgIpc) is 2.76. The fraction of sp³-hybridized carbons (Fsp3) is 0.733. The van der Waals surface area contributed by atoms with Crippen molar-refractivity contribution in [3.05, 3.63) is 18.0 Å². The summed E-state index contributed by atoms with van der Waals surface area (Å²) < 4.78 is 29.7. The van der Waals surface area contributed by atoms with Crippen molar-refractivity contribution < 1.29 is 8.42 Å².